The van der Waals surface area contributed by atoms with Gasteiger partial charge < -0.3 is 10.7 Å². The third kappa shape index (κ3) is 2.52. The first-order chi connectivity index (χ1) is 9.88. The van der Waals surface area contributed by atoms with Gasteiger partial charge in [0.25, 0.3) is 0 Å². The van der Waals surface area contributed by atoms with Crippen LogP contribution in [0.25, 0.3) is 11.0 Å². The van der Waals surface area contributed by atoms with Gasteiger partial charge in [0.15, 0.2) is 0 Å². The van der Waals surface area contributed by atoms with E-state index in [2.05, 4.69) is 23.8 Å². The molecule has 0 amide bonds. The molecule has 3 atom stereocenters. The number of nitrogens with one attached hydrogen (secondary N) is 1. The van der Waals surface area contributed by atoms with Crippen molar-refractivity contribution in [2.75, 3.05) is 5.73 Å². The highest BCUT2D eigenvalue weighted by Gasteiger charge is 2.36. The fourth-order valence-corrected chi connectivity index (χ4v) is 4.87. The van der Waals surface area contributed by atoms with Gasteiger partial charge >= 0.3 is 0 Å². The van der Waals surface area contributed by atoms with Crippen LogP contribution in [0.2, 0.25) is 0 Å². The molecule has 3 rings (SSSR count). The van der Waals surface area contributed by atoms with Gasteiger partial charge in [-0.15, -0.1) is 0 Å². The van der Waals surface area contributed by atoms with Crippen LogP contribution in [0.4, 0.5) is 5.69 Å². The monoisotopic (exact) mass is 307 g/mol. The topological polar surface area (TPSA) is 88.8 Å². The zero-order valence-corrected chi connectivity index (χ0v) is 13.2. The fraction of sp³-hybridized carbons (Fsp3) is 0.533. The highest BCUT2D eigenvalue weighted by molar-refractivity contribution is 7.91. The van der Waals surface area contributed by atoms with Gasteiger partial charge in [-0.1, -0.05) is 13.8 Å². The van der Waals surface area contributed by atoms with E-state index in [0.717, 1.165) is 6.42 Å². The maximum atomic E-state index is 12.8. The standard InChI is InChI=1S/C15H21N3O2S/c1-9-3-5-12(7-10(9)2)21(19,20)15-17-13-6-4-11(16)8-14(13)18-15/h4,6,8-10,12H,3,5,7,16H2,1-2H3,(H,17,18). The molecule has 1 heterocycles. The third-order valence-electron chi connectivity index (χ3n) is 4.74. The van der Waals surface area contributed by atoms with Crippen molar-refractivity contribution < 1.29 is 8.42 Å². The predicted molar refractivity (Wildman–Crippen MR) is 83.7 cm³/mol. The van der Waals surface area contributed by atoms with Crippen LogP contribution in [0, 0.1) is 11.8 Å². The third-order valence-corrected chi connectivity index (χ3v) is 6.78. The van der Waals surface area contributed by atoms with Gasteiger partial charge in [-0.25, -0.2) is 13.4 Å². The van der Waals surface area contributed by atoms with E-state index in [-0.39, 0.29) is 10.4 Å². The normalized spacial score (nSPS) is 27.0. The van der Waals surface area contributed by atoms with Crippen molar-refractivity contribution >= 4 is 26.6 Å². The molecule has 1 aromatic heterocycles. The number of nitrogens with two attached hydrogens (primary N) is 1. The molecule has 0 bridgehead atoms. The van der Waals surface area contributed by atoms with Crippen LogP contribution in [-0.4, -0.2) is 23.6 Å². The first-order valence-corrected chi connectivity index (χ1v) is 8.91. The summed E-state index contributed by atoms with van der Waals surface area (Å²) in [7, 11) is -3.40. The molecule has 6 heteroatoms. The van der Waals surface area contributed by atoms with E-state index >= 15 is 0 Å². The average Bonchev–Trinajstić information content (AvgIpc) is 2.85. The van der Waals surface area contributed by atoms with Crippen LogP contribution in [-0.2, 0) is 9.84 Å². The van der Waals surface area contributed by atoms with E-state index < -0.39 is 9.84 Å². The number of rotatable bonds is 2. The molecule has 1 saturated carbocycles. The summed E-state index contributed by atoms with van der Waals surface area (Å²) in [4.78, 5) is 7.17. The number of benzene rings is 1. The second-order valence-electron chi connectivity index (χ2n) is 6.25. The number of anilines is 1. The number of nitrogens with zero attached hydrogens (tertiary/aromatic N) is 1. The van der Waals surface area contributed by atoms with Gasteiger partial charge in [-0.3, -0.25) is 0 Å². The summed E-state index contributed by atoms with van der Waals surface area (Å²) >= 11 is 0. The number of hydrogen-bond acceptors (Lipinski definition) is 4. The van der Waals surface area contributed by atoms with E-state index in [4.69, 9.17) is 5.73 Å². The van der Waals surface area contributed by atoms with Crippen LogP contribution in [0.15, 0.2) is 23.4 Å². The Hall–Kier alpha value is -1.56. The Morgan fingerprint density at radius 1 is 1.24 bits per heavy atom. The number of H-pyrrole nitrogens is 1. The molecule has 2 aromatic rings. The summed E-state index contributed by atoms with van der Waals surface area (Å²) in [5.74, 6) is 1.02. The van der Waals surface area contributed by atoms with Crippen LogP contribution in [0.3, 0.4) is 0 Å². The minimum atomic E-state index is -3.40. The number of aromatic nitrogens is 2. The largest absolute Gasteiger partial charge is 0.399 e. The average molecular weight is 307 g/mol. The summed E-state index contributed by atoms with van der Waals surface area (Å²) in [5.41, 5.74) is 7.62. The van der Waals surface area contributed by atoms with Gasteiger partial charge in [-0.05, 0) is 49.3 Å². The van der Waals surface area contributed by atoms with Crippen molar-refractivity contribution in [2.45, 2.75) is 43.5 Å². The van der Waals surface area contributed by atoms with Crippen LogP contribution >= 0.6 is 0 Å². The predicted octanol–water partition coefficient (Wildman–Crippen LogP) is 2.74. The first-order valence-electron chi connectivity index (χ1n) is 7.37. The Kier molecular flexibility index (Phi) is 3.43. The fourth-order valence-electron chi connectivity index (χ4n) is 3.08. The van der Waals surface area contributed by atoms with Crippen molar-refractivity contribution in [1.82, 2.24) is 9.97 Å². The van der Waals surface area contributed by atoms with Gasteiger partial charge in [0.05, 0.1) is 16.3 Å². The zero-order valence-electron chi connectivity index (χ0n) is 12.3. The number of sulfone groups is 1. The minimum Gasteiger partial charge on any atom is -0.399 e. The van der Waals surface area contributed by atoms with E-state index in [1.165, 1.54) is 0 Å². The summed E-state index contributed by atoms with van der Waals surface area (Å²) in [6, 6.07) is 5.18. The second kappa shape index (κ2) is 5.02. The lowest BCUT2D eigenvalue weighted by atomic mass is 9.81. The smallest absolute Gasteiger partial charge is 0.226 e. The van der Waals surface area contributed by atoms with Gasteiger partial charge in [0.2, 0.25) is 15.0 Å². The van der Waals surface area contributed by atoms with Gasteiger partial charge in [0, 0.05) is 5.69 Å². The number of imidazole rings is 1. The molecule has 0 aliphatic heterocycles. The molecule has 0 saturated heterocycles. The van der Waals surface area contributed by atoms with Crippen molar-refractivity contribution in [1.29, 1.82) is 0 Å². The number of fused-ring (bicyclic) bond motifs is 1. The number of nitrogen functional groups attached to an aromatic ring is 1. The molecule has 3 N–H and O–H groups in total. The molecular weight excluding hydrogens is 286 g/mol. The van der Waals surface area contributed by atoms with Crippen LogP contribution in [0.5, 0.6) is 0 Å². The number of aromatic amines is 1. The number of hydrogen-bond donors (Lipinski definition) is 2. The molecule has 0 radical (unpaired) electrons. The molecule has 1 aromatic carbocycles. The lowest BCUT2D eigenvalue weighted by Crippen LogP contribution is -2.31. The zero-order chi connectivity index (χ0) is 15.2. The Bertz CT molecular complexity index is 766. The van der Waals surface area contributed by atoms with Crippen LogP contribution in [0.1, 0.15) is 33.1 Å². The van der Waals surface area contributed by atoms with Crippen molar-refractivity contribution in [3.63, 3.8) is 0 Å². The first kappa shape index (κ1) is 14.4. The lowest BCUT2D eigenvalue weighted by Gasteiger charge is -2.31. The van der Waals surface area contributed by atoms with E-state index in [0.29, 0.717) is 41.4 Å². The summed E-state index contributed by atoms with van der Waals surface area (Å²) in [6.45, 7) is 4.32. The Balaban J connectivity index is 1.96. The molecule has 5 nitrogen and oxygen atoms in total. The Morgan fingerprint density at radius 2 is 2.00 bits per heavy atom. The molecule has 1 fully saturated rings. The summed E-state index contributed by atoms with van der Waals surface area (Å²) in [5, 5.41) is -0.253. The Morgan fingerprint density at radius 3 is 2.71 bits per heavy atom. The minimum absolute atomic E-state index is 0.0786. The van der Waals surface area contributed by atoms with Gasteiger partial charge in [-0.2, -0.15) is 0 Å². The quantitative estimate of drug-likeness (QED) is 0.835. The lowest BCUT2D eigenvalue weighted by molar-refractivity contribution is 0.278. The summed E-state index contributed by atoms with van der Waals surface area (Å²) < 4.78 is 25.5. The van der Waals surface area contributed by atoms with E-state index in [1.54, 1.807) is 18.2 Å². The van der Waals surface area contributed by atoms with Crippen LogP contribution < -0.4 is 5.73 Å². The van der Waals surface area contributed by atoms with Crippen molar-refractivity contribution in [3.05, 3.63) is 18.2 Å². The van der Waals surface area contributed by atoms with Crippen molar-refractivity contribution in [3.8, 4) is 0 Å². The molecule has 21 heavy (non-hydrogen) atoms. The molecular formula is C15H21N3O2S. The second-order valence-corrected chi connectivity index (χ2v) is 8.40. The molecule has 3 unspecified atom stereocenters. The highest BCUT2D eigenvalue weighted by atomic mass is 32.2. The molecule has 114 valence electrons. The van der Waals surface area contributed by atoms with Crippen molar-refractivity contribution in [2.24, 2.45) is 11.8 Å². The SMILES string of the molecule is CC1CCC(S(=O)(=O)c2nc3ccc(N)cc3[nH]2)CC1C. The molecule has 1 aliphatic carbocycles. The summed E-state index contributed by atoms with van der Waals surface area (Å²) in [6.07, 6.45) is 2.38. The van der Waals surface area contributed by atoms with E-state index in [9.17, 15) is 8.42 Å². The molecule has 0 spiro atoms. The van der Waals surface area contributed by atoms with E-state index in [1.807, 2.05) is 0 Å². The molecule has 1 aliphatic rings. The Labute approximate surface area is 124 Å². The maximum Gasteiger partial charge on any atom is 0.226 e. The maximum absolute atomic E-state index is 12.8. The van der Waals surface area contributed by atoms with Gasteiger partial charge in [0.1, 0.15) is 0 Å². The highest BCUT2D eigenvalue weighted by Crippen LogP contribution is 2.35.